The molecule has 1 fully saturated rings. The maximum atomic E-state index is 13.5. The Morgan fingerprint density at radius 2 is 1.90 bits per heavy atom. The average molecular weight is 296 g/mol. The van der Waals surface area contributed by atoms with Gasteiger partial charge in [0.05, 0.1) is 5.69 Å². The van der Waals surface area contributed by atoms with Crippen LogP contribution in [0.1, 0.15) is 31.5 Å². The third-order valence-corrected chi connectivity index (χ3v) is 4.77. The predicted molar refractivity (Wildman–Crippen MR) is 69.6 cm³/mol. The molecule has 0 saturated heterocycles. The fourth-order valence-electron chi connectivity index (χ4n) is 3.43. The summed E-state index contributed by atoms with van der Waals surface area (Å²) in [5.74, 6) is 0.661. The van der Waals surface area contributed by atoms with Crippen molar-refractivity contribution in [1.29, 1.82) is 0 Å². The zero-order valence-corrected chi connectivity index (χ0v) is 11.4. The zero-order valence-electron chi connectivity index (χ0n) is 11.4. The lowest BCUT2D eigenvalue weighted by molar-refractivity contribution is -0.216. The second-order valence-electron chi connectivity index (χ2n) is 5.87. The van der Waals surface area contributed by atoms with Crippen molar-refractivity contribution >= 4 is 0 Å². The molecule has 4 rings (SSSR count). The minimum Gasteiger partial charge on any atom is -0.345 e. The van der Waals surface area contributed by atoms with Crippen molar-refractivity contribution in [2.45, 2.75) is 50.4 Å². The Labute approximate surface area is 119 Å². The molecule has 0 N–H and O–H groups in total. The molecule has 7 heteroatoms. The first-order chi connectivity index (χ1) is 10.0. The highest BCUT2D eigenvalue weighted by atomic mass is 19.4. The SMILES string of the molecule is FC(F)(F)C1(c2nnc3n2CCCn2cccc2-3)CCC1. The Morgan fingerprint density at radius 3 is 2.57 bits per heavy atom. The van der Waals surface area contributed by atoms with Crippen molar-refractivity contribution < 1.29 is 13.2 Å². The van der Waals surface area contributed by atoms with Crippen LogP contribution in [0, 0.1) is 0 Å². The molecule has 0 unspecified atom stereocenters. The first-order valence-electron chi connectivity index (χ1n) is 7.19. The van der Waals surface area contributed by atoms with E-state index in [2.05, 4.69) is 10.2 Å². The summed E-state index contributed by atoms with van der Waals surface area (Å²) in [6.07, 6.45) is -0.706. The molecule has 4 nitrogen and oxygen atoms in total. The average Bonchev–Trinajstić information content (AvgIpc) is 2.91. The predicted octanol–water partition coefficient (Wildman–Crippen LogP) is 3.13. The van der Waals surface area contributed by atoms with E-state index in [0.29, 0.717) is 18.8 Å². The molecular formula is C14H15F3N4. The molecule has 2 aliphatic rings. The molecular weight excluding hydrogens is 281 g/mol. The van der Waals surface area contributed by atoms with Gasteiger partial charge in [-0.05, 0) is 31.4 Å². The lowest BCUT2D eigenvalue weighted by Gasteiger charge is -2.42. The topological polar surface area (TPSA) is 35.6 Å². The standard InChI is InChI=1S/C14H15F3N4/c15-14(16,17)13(5-2-6-13)12-19-18-11-10-4-1-7-20(10)8-3-9-21(11)12/h1,4,7H,2-3,5-6,8-9H2. The fourth-order valence-corrected chi connectivity index (χ4v) is 3.43. The van der Waals surface area contributed by atoms with Crippen LogP contribution < -0.4 is 0 Å². The van der Waals surface area contributed by atoms with E-state index in [4.69, 9.17) is 0 Å². The third kappa shape index (κ3) is 1.63. The van der Waals surface area contributed by atoms with Crippen molar-refractivity contribution in [2.24, 2.45) is 0 Å². The smallest absolute Gasteiger partial charge is 0.345 e. The van der Waals surface area contributed by atoms with Crippen LogP contribution >= 0.6 is 0 Å². The van der Waals surface area contributed by atoms with E-state index in [1.807, 2.05) is 22.9 Å². The molecule has 1 aliphatic heterocycles. The number of alkyl halides is 3. The second kappa shape index (κ2) is 4.11. The van der Waals surface area contributed by atoms with Crippen LogP contribution in [0.15, 0.2) is 18.3 Å². The van der Waals surface area contributed by atoms with Crippen molar-refractivity contribution in [2.75, 3.05) is 0 Å². The van der Waals surface area contributed by atoms with Gasteiger partial charge < -0.3 is 9.13 Å². The Morgan fingerprint density at radius 1 is 1.10 bits per heavy atom. The molecule has 1 aliphatic carbocycles. The maximum Gasteiger partial charge on any atom is 0.401 e. The van der Waals surface area contributed by atoms with E-state index in [9.17, 15) is 13.2 Å². The van der Waals surface area contributed by atoms with Gasteiger partial charge in [0.25, 0.3) is 0 Å². The molecule has 2 aromatic rings. The number of fused-ring (bicyclic) bond motifs is 3. The van der Waals surface area contributed by atoms with E-state index >= 15 is 0 Å². The van der Waals surface area contributed by atoms with Crippen LogP contribution in [0.2, 0.25) is 0 Å². The minimum absolute atomic E-state index is 0.103. The van der Waals surface area contributed by atoms with Gasteiger partial charge in [0.2, 0.25) is 0 Å². The number of rotatable bonds is 1. The van der Waals surface area contributed by atoms with Crippen LogP contribution in [0.5, 0.6) is 0 Å². The van der Waals surface area contributed by atoms with Gasteiger partial charge in [-0.1, -0.05) is 6.42 Å². The van der Waals surface area contributed by atoms with Crippen molar-refractivity contribution in [3.05, 3.63) is 24.2 Å². The lowest BCUT2D eigenvalue weighted by atomic mass is 9.67. The van der Waals surface area contributed by atoms with Crippen molar-refractivity contribution in [3.8, 4) is 11.5 Å². The Hall–Kier alpha value is -1.79. The van der Waals surface area contributed by atoms with Crippen LogP contribution in [0.25, 0.3) is 11.5 Å². The highest BCUT2D eigenvalue weighted by Gasteiger charge is 2.62. The van der Waals surface area contributed by atoms with Gasteiger partial charge in [-0.15, -0.1) is 10.2 Å². The largest absolute Gasteiger partial charge is 0.401 e. The zero-order chi connectivity index (χ0) is 14.7. The van der Waals surface area contributed by atoms with Crippen molar-refractivity contribution in [3.63, 3.8) is 0 Å². The Kier molecular flexibility index (Phi) is 2.53. The molecule has 21 heavy (non-hydrogen) atoms. The first kappa shape index (κ1) is 12.9. The van der Waals surface area contributed by atoms with Gasteiger partial charge >= 0.3 is 6.18 Å². The first-order valence-corrected chi connectivity index (χ1v) is 7.19. The van der Waals surface area contributed by atoms with E-state index < -0.39 is 11.6 Å². The molecule has 0 bridgehead atoms. The highest BCUT2D eigenvalue weighted by Crippen LogP contribution is 2.54. The Balaban J connectivity index is 1.88. The normalized spacial score (nSPS) is 20.3. The number of halogens is 3. The lowest BCUT2D eigenvalue weighted by Crippen LogP contribution is -2.49. The summed E-state index contributed by atoms with van der Waals surface area (Å²) in [5.41, 5.74) is -0.942. The van der Waals surface area contributed by atoms with E-state index in [0.717, 1.165) is 18.7 Å². The molecule has 1 saturated carbocycles. The summed E-state index contributed by atoms with van der Waals surface area (Å²) in [6, 6.07) is 3.78. The van der Waals surface area contributed by atoms with E-state index in [1.54, 1.807) is 4.57 Å². The van der Waals surface area contributed by atoms with Gasteiger partial charge in [-0.3, -0.25) is 0 Å². The van der Waals surface area contributed by atoms with Gasteiger partial charge in [-0.2, -0.15) is 13.2 Å². The summed E-state index contributed by atoms with van der Waals surface area (Å²) < 4.78 is 44.3. The monoisotopic (exact) mass is 296 g/mol. The number of hydrogen-bond donors (Lipinski definition) is 0. The maximum absolute atomic E-state index is 13.5. The molecule has 0 amide bonds. The van der Waals surface area contributed by atoms with Gasteiger partial charge in [-0.25, -0.2) is 0 Å². The molecule has 0 atom stereocenters. The van der Waals surface area contributed by atoms with E-state index in [1.165, 1.54) is 0 Å². The molecule has 2 aromatic heterocycles. The third-order valence-electron chi connectivity index (χ3n) is 4.77. The number of hydrogen-bond acceptors (Lipinski definition) is 2. The molecule has 0 radical (unpaired) electrons. The van der Waals surface area contributed by atoms with Crippen LogP contribution in [0.4, 0.5) is 13.2 Å². The van der Waals surface area contributed by atoms with Gasteiger partial charge in [0, 0.05) is 19.3 Å². The number of nitrogens with zero attached hydrogens (tertiary/aromatic N) is 4. The Bertz CT molecular complexity index is 679. The second-order valence-corrected chi connectivity index (χ2v) is 5.87. The summed E-state index contributed by atoms with van der Waals surface area (Å²) in [6.45, 7) is 1.33. The molecule has 3 heterocycles. The van der Waals surface area contributed by atoms with E-state index in [-0.39, 0.29) is 18.7 Å². The number of aromatic nitrogens is 4. The number of aryl methyl sites for hydroxylation is 1. The summed E-state index contributed by atoms with van der Waals surface area (Å²) in [5, 5.41) is 8.04. The van der Waals surface area contributed by atoms with Gasteiger partial charge in [0.15, 0.2) is 5.82 Å². The van der Waals surface area contributed by atoms with Gasteiger partial charge in [0.1, 0.15) is 11.2 Å². The van der Waals surface area contributed by atoms with Crippen molar-refractivity contribution in [1.82, 2.24) is 19.3 Å². The molecule has 0 spiro atoms. The summed E-state index contributed by atoms with van der Waals surface area (Å²) in [7, 11) is 0. The molecule has 0 aromatic carbocycles. The molecule has 112 valence electrons. The fraction of sp³-hybridized carbons (Fsp3) is 0.571. The quantitative estimate of drug-likeness (QED) is 0.810. The van der Waals surface area contributed by atoms with Crippen LogP contribution in [0.3, 0.4) is 0 Å². The summed E-state index contributed by atoms with van der Waals surface area (Å²) >= 11 is 0. The highest BCUT2D eigenvalue weighted by molar-refractivity contribution is 5.52. The minimum atomic E-state index is -4.26. The summed E-state index contributed by atoms with van der Waals surface area (Å²) in [4.78, 5) is 0. The van der Waals surface area contributed by atoms with Crippen LogP contribution in [-0.4, -0.2) is 25.5 Å². The van der Waals surface area contributed by atoms with Crippen LogP contribution in [-0.2, 0) is 18.5 Å².